The molecule has 0 amide bonds. The molecule has 12 heavy (non-hydrogen) atoms. The third-order valence-electron chi connectivity index (χ3n) is 2.15. The van der Waals surface area contributed by atoms with Crippen molar-refractivity contribution in [1.82, 2.24) is 4.90 Å². The molecule has 4 heteroatoms. The van der Waals surface area contributed by atoms with Crippen molar-refractivity contribution in [1.29, 1.82) is 0 Å². The van der Waals surface area contributed by atoms with Gasteiger partial charge in [0.05, 0.1) is 19.3 Å². The maximum Gasteiger partial charge on any atom is 0.0674 e. The minimum atomic E-state index is -0.340. The minimum absolute atomic E-state index is 0.340. The van der Waals surface area contributed by atoms with Gasteiger partial charge in [-0.1, -0.05) is 0 Å². The van der Waals surface area contributed by atoms with Gasteiger partial charge in [-0.05, 0) is 6.42 Å². The van der Waals surface area contributed by atoms with Crippen molar-refractivity contribution in [3.63, 3.8) is 0 Å². The van der Waals surface area contributed by atoms with Gasteiger partial charge in [0.2, 0.25) is 0 Å². The molecule has 1 aliphatic rings. The number of aliphatic hydroxyl groups is 1. The van der Waals surface area contributed by atoms with E-state index >= 15 is 0 Å². The summed E-state index contributed by atoms with van der Waals surface area (Å²) in [6, 6.07) is 0. The standard InChI is InChI=1S/C8H18N2O2/c9-7-8(11)1-2-10-3-5-12-6-4-10/h8,11H,1-7,9H2. The predicted molar refractivity (Wildman–Crippen MR) is 46.9 cm³/mol. The SMILES string of the molecule is NCC(O)CCN1CCOCC1. The van der Waals surface area contributed by atoms with Crippen molar-refractivity contribution in [3.8, 4) is 0 Å². The summed E-state index contributed by atoms with van der Waals surface area (Å²) in [5.41, 5.74) is 5.29. The lowest BCUT2D eigenvalue weighted by Gasteiger charge is -2.27. The zero-order valence-electron chi connectivity index (χ0n) is 7.41. The van der Waals surface area contributed by atoms with Crippen molar-refractivity contribution in [3.05, 3.63) is 0 Å². The Hall–Kier alpha value is -0.160. The van der Waals surface area contributed by atoms with E-state index in [0.717, 1.165) is 39.3 Å². The second-order valence-electron chi connectivity index (χ2n) is 3.13. The lowest BCUT2D eigenvalue weighted by atomic mass is 10.2. The molecule has 0 aromatic rings. The molecule has 0 radical (unpaired) electrons. The summed E-state index contributed by atoms with van der Waals surface area (Å²) in [4.78, 5) is 2.29. The molecular weight excluding hydrogens is 156 g/mol. The second kappa shape index (κ2) is 5.48. The summed E-state index contributed by atoms with van der Waals surface area (Å²) >= 11 is 0. The van der Waals surface area contributed by atoms with Crippen LogP contribution in [-0.2, 0) is 4.74 Å². The molecular formula is C8H18N2O2. The fourth-order valence-corrected chi connectivity index (χ4v) is 1.27. The smallest absolute Gasteiger partial charge is 0.0674 e. The summed E-state index contributed by atoms with van der Waals surface area (Å²) in [6.45, 7) is 4.90. The molecule has 1 saturated heterocycles. The van der Waals surface area contributed by atoms with E-state index in [1.807, 2.05) is 0 Å². The average molecular weight is 174 g/mol. The Kier molecular flexibility index (Phi) is 4.53. The molecule has 0 saturated carbocycles. The number of rotatable bonds is 4. The minimum Gasteiger partial charge on any atom is -0.392 e. The first-order chi connectivity index (χ1) is 5.83. The number of hydrogen-bond acceptors (Lipinski definition) is 4. The van der Waals surface area contributed by atoms with E-state index in [-0.39, 0.29) is 6.10 Å². The Balaban J connectivity index is 2.05. The van der Waals surface area contributed by atoms with Crippen LogP contribution in [0, 0.1) is 0 Å². The van der Waals surface area contributed by atoms with Crippen LogP contribution in [0.3, 0.4) is 0 Å². The molecule has 0 aliphatic carbocycles. The molecule has 0 bridgehead atoms. The second-order valence-corrected chi connectivity index (χ2v) is 3.13. The van der Waals surface area contributed by atoms with E-state index in [0.29, 0.717) is 6.54 Å². The van der Waals surface area contributed by atoms with Gasteiger partial charge in [-0.25, -0.2) is 0 Å². The van der Waals surface area contributed by atoms with Gasteiger partial charge in [-0.15, -0.1) is 0 Å². The Labute approximate surface area is 73.3 Å². The van der Waals surface area contributed by atoms with Crippen LogP contribution in [0.1, 0.15) is 6.42 Å². The highest BCUT2D eigenvalue weighted by Crippen LogP contribution is 1.99. The molecule has 1 unspecified atom stereocenters. The molecule has 4 nitrogen and oxygen atoms in total. The van der Waals surface area contributed by atoms with Gasteiger partial charge in [-0.3, -0.25) is 4.90 Å². The first-order valence-electron chi connectivity index (χ1n) is 4.51. The molecule has 0 spiro atoms. The number of nitrogens with zero attached hydrogens (tertiary/aromatic N) is 1. The van der Waals surface area contributed by atoms with Gasteiger partial charge in [0.15, 0.2) is 0 Å². The summed E-state index contributed by atoms with van der Waals surface area (Å²) in [6.07, 6.45) is 0.434. The number of morpholine rings is 1. The van der Waals surface area contributed by atoms with E-state index < -0.39 is 0 Å². The molecule has 1 heterocycles. The number of nitrogens with two attached hydrogens (primary N) is 1. The van der Waals surface area contributed by atoms with Gasteiger partial charge in [-0.2, -0.15) is 0 Å². The Morgan fingerprint density at radius 2 is 2.08 bits per heavy atom. The third kappa shape index (κ3) is 3.49. The van der Waals surface area contributed by atoms with Gasteiger partial charge < -0.3 is 15.6 Å². The lowest BCUT2D eigenvalue weighted by molar-refractivity contribution is 0.0308. The van der Waals surface area contributed by atoms with Crippen LogP contribution in [0.2, 0.25) is 0 Å². The van der Waals surface area contributed by atoms with Crippen LogP contribution in [-0.4, -0.2) is 55.5 Å². The van der Waals surface area contributed by atoms with Crippen LogP contribution in [0.25, 0.3) is 0 Å². The molecule has 72 valence electrons. The van der Waals surface area contributed by atoms with Crippen LogP contribution < -0.4 is 5.73 Å². The van der Waals surface area contributed by atoms with Gasteiger partial charge >= 0.3 is 0 Å². The first kappa shape index (κ1) is 9.92. The first-order valence-corrected chi connectivity index (χ1v) is 4.51. The number of hydrogen-bond donors (Lipinski definition) is 2. The highest BCUT2D eigenvalue weighted by atomic mass is 16.5. The molecule has 1 fully saturated rings. The van der Waals surface area contributed by atoms with Gasteiger partial charge in [0.25, 0.3) is 0 Å². The van der Waals surface area contributed by atoms with E-state index in [1.165, 1.54) is 0 Å². The molecule has 3 N–H and O–H groups in total. The maximum absolute atomic E-state index is 9.21. The Morgan fingerprint density at radius 1 is 1.42 bits per heavy atom. The molecule has 0 aromatic heterocycles. The summed E-state index contributed by atoms with van der Waals surface area (Å²) < 4.78 is 5.20. The number of aliphatic hydroxyl groups excluding tert-OH is 1. The maximum atomic E-state index is 9.21. The zero-order chi connectivity index (χ0) is 8.81. The summed E-state index contributed by atoms with van der Waals surface area (Å²) in [5.74, 6) is 0. The van der Waals surface area contributed by atoms with Crippen molar-refractivity contribution in [2.75, 3.05) is 39.4 Å². The molecule has 1 aliphatic heterocycles. The van der Waals surface area contributed by atoms with E-state index in [1.54, 1.807) is 0 Å². The van der Waals surface area contributed by atoms with E-state index in [9.17, 15) is 5.11 Å². The molecule has 1 rings (SSSR count). The van der Waals surface area contributed by atoms with Crippen LogP contribution in [0.15, 0.2) is 0 Å². The van der Waals surface area contributed by atoms with Crippen LogP contribution in [0.4, 0.5) is 0 Å². The van der Waals surface area contributed by atoms with Crippen molar-refractivity contribution in [2.24, 2.45) is 5.73 Å². The monoisotopic (exact) mass is 174 g/mol. The fraction of sp³-hybridized carbons (Fsp3) is 1.00. The Morgan fingerprint density at radius 3 is 2.67 bits per heavy atom. The zero-order valence-corrected chi connectivity index (χ0v) is 7.41. The molecule has 1 atom stereocenters. The third-order valence-corrected chi connectivity index (χ3v) is 2.15. The van der Waals surface area contributed by atoms with E-state index in [4.69, 9.17) is 10.5 Å². The van der Waals surface area contributed by atoms with Gasteiger partial charge in [0, 0.05) is 26.2 Å². The predicted octanol–water partition coefficient (Wildman–Crippen LogP) is -0.972. The lowest BCUT2D eigenvalue weighted by Crippen LogP contribution is -2.38. The summed E-state index contributed by atoms with van der Waals surface area (Å²) in [7, 11) is 0. The Bertz CT molecular complexity index is 116. The van der Waals surface area contributed by atoms with E-state index in [2.05, 4.69) is 4.90 Å². The summed E-state index contributed by atoms with van der Waals surface area (Å²) in [5, 5.41) is 9.21. The highest BCUT2D eigenvalue weighted by molar-refractivity contribution is 4.65. The van der Waals surface area contributed by atoms with Crippen molar-refractivity contribution < 1.29 is 9.84 Å². The van der Waals surface area contributed by atoms with Crippen LogP contribution in [0.5, 0.6) is 0 Å². The van der Waals surface area contributed by atoms with Crippen molar-refractivity contribution in [2.45, 2.75) is 12.5 Å². The quantitative estimate of drug-likeness (QED) is 0.575. The fourth-order valence-electron chi connectivity index (χ4n) is 1.27. The topological polar surface area (TPSA) is 58.7 Å². The highest BCUT2D eigenvalue weighted by Gasteiger charge is 2.11. The van der Waals surface area contributed by atoms with Gasteiger partial charge in [0.1, 0.15) is 0 Å². The molecule has 0 aromatic carbocycles. The average Bonchev–Trinajstić information content (AvgIpc) is 2.16. The van der Waals surface area contributed by atoms with Crippen molar-refractivity contribution >= 4 is 0 Å². The largest absolute Gasteiger partial charge is 0.392 e. The van der Waals surface area contributed by atoms with Crippen LogP contribution >= 0.6 is 0 Å². The normalized spacial score (nSPS) is 22.5. The number of ether oxygens (including phenoxy) is 1.